The van der Waals surface area contributed by atoms with E-state index in [2.05, 4.69) is 11.7 Å². The van der Waals surface area contributed by atoms with Gasteiger partial charge in [-0.3, -0.25) is 4.79 Å². The van der Waals surface area contributed by atoms with Crippen molar-refractivity contribution in [2.24, 2.45) is 5.92 Å². The van der Waals surface area contributed by atoms with Crippen molar-refractivity contribution in [2.45, 2.75) is 79.1 Å². The second-order valence-corrected chi connectivity index (χ2v) is 5.57. The van der Waals surface area contributed by atoms with Crippen LogP contribution in [-0.4, -0.2) is 31.1 Å². The van der Waals surface area contributed by atoms with Crippen LogP contribution in [0.5, 0.6) is 0 Å². The molecule has 1 aliphatic carbocycles. The minimum absolute atomic E-state index is 0. The summed E-state index contributed by atoms with van der Waals surface area (Å²) < 4.78 is 16.1. The van der Waals surface area contributed by atoms with Crippen LogP contribution in [0.4, 0.5) is 0 Å². The highest BCUT2D eigenvalue weighted by molar-refractivity contribution is 5.73. The van der Waals surface area contributed by atoms with Gasteiger partial charge < -0.3 is 14.2 Å². The van der Waals surface area contributed by atoms with Crippen LogP contribution in [0.25, 0.3) is 0 Å². The second kappa shape index (κ2) is 8.63. The summed E-state index contributed by atoms with van der Waals surface area (Å²) in [5.74, 6) is -0.0440. The predicted octanol–water partition coefficient (Wildman–Crippen LogP) is 3.92. The molecule has 20 heavy (non-hydrogen) atoms. The Kier molecular flexibility index (Phi) is 8.36. The molecule has 2 heterocycles. The maximum absolute atomic E-state index is 10.4. The quantitative estimate of drug-likeness (QED) is 0.634. The number of esters is 1. The third kappa shape index (κ3) is 5.06. The van der Waals surface area contributed by atoms with Gasteiger partial charge in [0.1, 0.15) is 0 Å². The molecule has 0 amide bonds. The molecule has 120 valence electrons. The SMILES string of the molecule is C.C.CC1CCOC1=O.CC1COC2(CCCCC2)O1. The number of carbonyl (C=O) groups is 1. The maximum atomic E-state index is 10.4. The Morgan fingerprint density at radius 1 is 1.10 bits per heavy atom. The number of hydrogen-bond donors (Lipinski definition) is 0. The first-order valence-corrected chi connectivity index (χ1v) is 7.10. The lowest BCUT2D eigenvalue weighted by Gasteiger charge is -2.31. The first-order chi connectivity index (χ1) is 8.61. The van der Waals surface area contributed by atoms with E-state index in [1.165, 1.54) is 19.3 Å². The van der Waals surface area contributed by atoms with Crippen LogP contribution in [0.1, 0.15) is 67.2 Å². The van der Waals surface area contributed by atoms with Gasteiger partial charge in [0.05, 0.1) is 25.2 Å². The van der Waals surface area contributed by atoms with Crippen LogP contribution < -0.4 is 0 Å². The average molecular weight is 288 g/mol. The Hall–Kier alpha value is -0.610. The van der Waals surface area contributed by atoms with E-state index in [-0.39, 0.29) is 32.5 Å². The van der Waals surface area contributed by atoms with E-state index in [0.717, 1.165) is 25.9 Å². The molecular weight excluding hydrogens is 256 g/mol. The Morgan fingerprint density at radius 2 is 1.75 bits per heavy atom. The predicted molar refractivity (Wildman–Crippen MR) is 80.5 cm³/mol. The van der Waals surface area contributed by atoms with Crippen molar-refractivity contribution in [2.75, 3.05) is 13.2 Å². The van der Waals surface area contributed by atoms with Crippen LogP contribution in [0.3, 0.4) is 0 Å². The van der Waals surface area contributed by atoms with Crippen molar-refractivity contribution in [1.82, 2.24) is 0 Å². The minimum atomic E-state index is -0.155. The third-order valence-corrected chi connectivity index (χ3v) is 3.81. The molecule has 2 aliphatic heterocycles. The van der Waals surface area contributed by atoms with E-state index >= 15 is 0 Å². The molecule has 0 radical (unpaired) electrons. The van der Waals surface area contributed by atoms with Gasteiger partial charge in [-0.2, -0.15) is 0 Å². The standard InChI is InChI=1S/C9H16O2.C5H8O2.2CH4/c1-8-7-10-9(11-8)5-3-2-4-6-9;1-4-2-3-7-5(4)6;;/h8H,2-7H2,1H3;4H,2-3H2,1H3;2*1H4. The molecular formula is C16H32O4. The molecule has 1 spiro atoms. The molecule has 2 atom stereocenters. The number of hydrogen-bond acceptors (Lipinski definition) is 4. The van der Waals surface area contributed by atoms with Gasteiger partial charge in [-0.05, 0) is 26.2 Å². The van der Waals surface area contributed by atoms with Crippen LogP contribution in [0.15, 0.2) is 0 Å². The van der Waals surface area contributed by atoms with Crippen molar-refractivity contribution < 1.29 is 19.0 Å². The Bertz CT molecular complexity index is 279. The van der Waals surface area contributed by atoms with E-state index in [0.29, 0.717) is 12.7 Å². The highest BCUT2D eigenvalue weighted by atomic mass is 16.7. The molecule has 4 heteroatoms. The zero-order valence-electron chi connectivity index (χ0n) is 11.4. The summed E-state index contributed by atoms with van der Waals surface area (Å²) in [4.78, 5) is 10.4. The zero-order chi connectivity index (χ0) is 13.0. The molecule has 3 fully saturated rings. The normalized spacial score (nSPS) is 30.6. The summed E-state index contributed by atoms with van der Waals surface area (Å²) >= 11 is 0. The van der Waals surface area contributed by atoms with E-state index in [4.69, 9.17) is 9.47 Å². The summed E-state index contributed by atoms with van der Waals surface area (Å²) in [6.07, 6.45) is 7.32. The molecule has 0 bridgehead atoms. The molecule has 0 aromatic heterocycles. The van der Waals surface area contributed by atoms with Gasteiger partial charge in [-0.25, -0.2) is 0 Å². The van der Waals surface area contributed by atoms with Gasteiger partial charge in [0.15, 0.2) is 5.79 Å². The molecule has 0 N–H and O–H groups in total. The van der Waals surface area contributed by atoms with E-state index in [1.807, 2.05) is 6.92 Å². The topological polar surface area (TPSA) is 44.8 Å². The van der Waals surface area contributed by atoms with Gasteiger partial charge in [0.2, 0.25) is 0 Å². The third-order valence-electron chi connectivity index (χ3n) is 3.81. The molecule has 3 aliphatic rings. The molecule has 3 rings (SSSR count). The van der Waals surface area contributed by atoms with Gasteiger partial charge in [-0.15, -0.1) is 0 Å². The number of carbonyl (C=O) groups excluding carboxylic acids is 1. The minimum Gasteiger partial charge on any atom is -0.465 e. The van der Waals surface area contributed by atoms with Gasteiger partial charge in [-0.1, -0.05) is 28.2 Å². The highest BCUT2D eigenvalue weighted by Gasteiger charge is 2.40. The van der Waals surface area contributed by atoms with Crippen molar-refractivity contribution in [1.29, 1.82) is 0 Å². The fourth-order valence-electron chi connectivity index (χ4n) is 2.65. The number of ether oxygens (including phenoxy) is 3. The summed E-state index contributed by atoms with van der Waals surface area (Å²) in [6, 6.07) is 0. The molecule has 0 aromatic carbocycles. The molecule has 2 unspecified atom stereocenters. The van der Waals surface area contributed by atoms with Gasteiger partial charge >= 0.3 is 5.97 Å². The first kappa shape index (κ1) is 19.4. The molecule has 1 saturated carbocycles. The van der Waals surface area contributed by atoms with Crippen molar-refractivity contribution >= 4 is 5.97 Å². The summed E-state index contributed by atoms with van der Waals surface area (Å²) in [5.41, 5.74) is 0. The highest BCUT2D eigenvalue weighted by Crippen LogP contribution is 2.37. The average Bonchev–Trinajstić information content (AvgIpc) is 2.89. The second-order valence-electron chi connectivity index (χ2n) is 5.57. The Morgan fingerprint density at radius 3 is 2.10 bits per heavy atom. The summed E-state index contributed by atoms with van der Waals surface area (Å²) in [5, 5.41) is 0. The smallest absolute Gasteiger partial charge is 0.308 e. The largest absolute Gasteiger partial charge is 0.465 e. The van der Waals surface area contributed by atoms with E-state index in [9.17, 15) is 4.79 Å². The summed E-state index contributed by atoms with van der Waals surface area (Å²) in [6.45, 7) is 5.39. The van der Waals surface area contributed by atoms with E-state index < -0.39 is 0 Å². The van der Waals surface area contributed by atoms with Crippen LogP contribution in [0, 0.1) is 5.92 Å². The van der Waals surface area contributed by atoms with Crippen molar-refractivity contribution in [3.63, 3.8) is 0 Å². The van der Waals surface area contributed by atoms with Crippen molar-refractivity contribution in [3.8, 4) is 0 Å². The monoisotopic (exact) mass is 288 g/mol. The van der Waals surface area contributed by atoms with Crippen LogP contribution in [0.2, 0.25) is 0 Å². The Labute approximate surface area is 124 Å². The molecule has 0 aromatic rings. The maximum Gasteiger partial charge on any atom is 0.308 e. The molecule has 2 saturated heterocycles. The fraction of sp³-hybridized carbons (Fsp3) is 0.938. The van der Waals surface area contributed by atoms with E-state index in [1.54, 1.807) is 0 Å². The van der Waals surface area contributed by atoms with Gasteiger partial charge in [0.25, 0.3) is 0 Å². The Balaban J connectivity index is 0.000000356. The van der Waals surface area contributed by atoms with Crippen molar-refractivity contribution in [3.05, 3.63) is 0 Å². The fourth-order valence-corrected chi connectivity index (χ4v) is 2.65. The first-order valence-electron chi connectivity index (χ1n) is 7.10. The lowest BCUT2D eigenvalue weighted by molar-refractivity contribution is -0.185. The molecule has 4 nitrogen and oxygen atoms in total. The number of cyclic esters (lactones) is 1. The van der Waals surface area contributed by atoms with Crippen LogP contribution in [-0.2, 0) is 19.0 Å². The lowest BCUT2D eigenvalue weighted by Crippen LogP contribution is -2.32. The zero-order valence-corrected chi connectivity index (χ0v) is 11.4. The lowest BCUT2D eigenvalue weighted by atomic mass is 9.94. The number of rotatable bonds is 0. The summed E-state index contributed by atoms with van der Waals surface area (Å²) in [7, 11) is 0. The van der Waals surface area contributed by atoms with Gasteiger partial charge in [0, 0.05) is 12.8 Å². The van der Waals surface area contributed by atoms with Crippen LogP contribution >= 0.6 is 0 Å².